The minimum Gasteiger partial charge on any atom is -0.488 e. The first kappa shape index (κ1) is 20.9. The Kier molecular flexibility index (Phi) is 6.50. The average molecular weight is 451 g/mol. The topological polar surface area (TPSA) is 71.5 Å². The van der Waals surface area contributed by atoms with E-state index in [4.69, 9.17) is 21.4 Å². The van der Waals surface area contributed by atoms with Crippen LogP contribution in [-0.2, 0) is 13.2 Å². The maximum atomic E-state index is 11.0. The average Bonchev–Trinajstić information content (AvgIpc) is 3.27. The lowest BCUT2D eigenvalue weighted by Gasteiger charge is -2.11. The molecule has 0 aliphatic heterocycles. The van der Waals surface area contributed by atoms with E-state index in [-0.39, 0.29) is 5.56 Å². The van der Waals surface area contributed by atoms with Crippen LogP contribution in [0, 0.1) is 0 Å². The molecule has 0 spiro atoms. The van der Waals surface area contributed by atoms with Crippen molar-refractivity contribution in [3.8, 4) is 17.0 Å². The monoisotopic (exact) mass is 450 g/mol. The zero-order valence-corrected chi connectivity index (χ0v) is 18.0. The molecule has 4 rings (SSSR count). The third-order valence-corrected chi connectivity index (χ3v) is 5.64. The number of carbonyl (C=O) groups is 1. The van der Waals surface area contributed by atoms with Gasteiger partial charge in [-0.05, 0) is 41.5 Å². The van der Waals surface area contributed by atoms with Gasteiger partial charge in [-0.1, -0.05) is 54.1 Å². The van der Waals surface area contributed by atoms with Crippen LogP contribution in [-0.4, -0.2) is 16.1 Å². The van der Waals surface area contributed by atoms with Gasteiger partial charge in [-0.3, -0.25) is 0 Å². The molecule has 0 aliphatic carbocycles. The van der Waals surface area contributed by atoms with Crippen molar-refractivity contribution in [2.45, 2.75) is 13.2 Å². The molecule has 3 aromatic carbocycles. The fraction of sp³-hybridized carbons (Fsp3) is 0.0833. The lowest BCUT2D eigenvalue weighted by atomic mass is 10.1. The molecule has 1 aromatic heterocycles. The number of hydrogen-bond acceptors (Lipinski definition) is 5. The number of rotatable bonds is 8. The molecule has 0 saturated heterocycles. The first-order valence-corrected chi connectivity index (χ1v) is 10.8. The van der Waals surface area contributed by atoms with Crippen LogP contribution in [0.3, 0.4) is 0 Å². The van der Waals surface area contributed by atoms with Crippen LogP contribution in [0.25, 0.3) is 11.3 Å². The van der Waals surface area contributed by atoms with Crippen molar-refractivity contribution in [2.75, 3.05) is 5.32 Å². The molecule has 1 heterocycles. The molecule has 0 bridgehead atoms. The number of anilines is 1. The highest BCUT2D eigenvalue weighted by molar-refractivity contribution is 7.14. The summed E-state index contributed by atoms with van der Waals surface area (Å²) in [6, 6.07) is 22.2. The van der Waals surface area contributed by atoms with E-state index in [0.29, 0.717) is 18.2 Å². The number of halogens is 1. The van der Waals surface area contributed by atoms with Crippen molar-refractivity contribution in [1.82, 2.24) is 4.98 Å². The van der Waals surface area contributed by atoms with Crippen LogP contribution in [0.4, 0.5) is 5.13 Å². The second-order valence-electron chi connectivity index (χ2n) is 6.81. The van der Waals surface area contributed by atoms with Crippen molar-refractivity contribution in [3.05, 3.63) is 99.9 Å². The standard InChI is InChI=1S/C24H19ClN2O3S/c25-19-10-11-22(30-14-17-4-2-1-3-5-17)20(12-19)21-15-31-24(27-21)26-13-16-6-8-18(9-7-16)23(28)29/h1-12,15H,13-14H2,(H,26,27)(H,28,29). The smallest absolute Gasteiger partial charge is 0.335 e. The van der Waals surface area contributed by atoms with Gasteiger partial charge in [0.25, 0.3) is 0 Å². The summed E-state index contributed by atoms with van der Waals surface area (Å²) in [5, 5.41) is 15.6. The third kappa shape index (κ3) is 5.42. The van der Waals surface area contributed by atoms with Gasteiger partial charge in [0.2, 0.25) is 0 Å². The molecule has 156 valence electrons. The largest absolute Gasteiger partial charge is 0.488 e. The second-order valence-corrected chi connectivity index (χ2v) is 8.10. The first-order chi connectivity index (χ1) is 15.1. The van der Waals surface area contributed by atoms with Crippen molar-refractivity contribution in [3.63, 3.8) is 0 Å². The zero-order chi connectivity index (χ0) is 21.6. The second kappa shape index (κ2) is 9.64. The number of aromatic carboxylic acids is 1. The van der Waals surface area contributed by atoms with Crippen LogP contribution in [0.2, 0.25) is 5.02 Å². The molecule has 0 aliphatic rings. The van der Waals surface area contributed by atoms with Crippen LogP contribution in [0.5, 0.6) is 5.75 Å². The molecule has 4 aromatic rings. The summed E-state index contributed by atoms with van der Waals surface area (Å²) in [6.45, 7) is 0.997. The number of nitrogens with zero attached hydrogens (tertiary/aromatic N) is 1. The SMILES string of the molecule is O=C(O)c1ccc(CNc2nc(-c3cc(Cl)ccc3OCc3ccccc3)cs2)cc1. The molecule has 5 nitrogen and oxygen atoms in total. The van der Waals surface area contributed by atoms with Crippen molar-refractivity contribution in [2.24, 2.45) is 0 Å². The van der Waals surface area contributed by atoms with Gasteiger partial charge in [0, 0.05) is 22.5 Å². The number of aromatic nitrogens is 1. The third-order valence-electron chi connectivity index (χ3n) is 4.60. The Balaban J connectivity index is 1.46. The summed E-state index contributed by atoms with van der Waals surface area (Å²) >= 11 is 7.72. The van der Waals surface area contributed by atoms with Gasteiger partial charge < -0.3 is 15.2 Å². The molecule has 0 atom stereocenters. The molecule has 0 amide bonds. The van der Waals surface area contributed by atoms with E-state index in [9.17, 15) is 4.79 Å². The lowest BCUT2D eigenvalue weighted by molar-refractivity contribution is 0.0697. The fourth-order valence-electron chi connectivity index (χ4n) is 2.99. The van der Waals surface area contributed by atoms with Gasteiger partial charge >= 0.3 is 5.97 Å². The Hall–Kier alpha value is -3.35. The Bertz CT molecular complexity index is 1180. The number of carboxylic acids is 1. The number of ether oxygens (including phenoxy) is 1. The summed E-state index contributed by atoms with van der Waals surface area (Å²) in [5.74, 6) is -0.217. The van der Waals surface area contributed by atoms with Gasteiger partial charge in [-0.25, -0.2) is 9.78 Å². The van der Waals surface area contributed by atoms with Gasteiger partial charge in [0.05, 0.1) is 11.3 Å². The summed E-state index contributed by atoms with van der Waals surface area (Å²) in [7, 11) is 0. The number of carboxylic acid groups (broad SMARTS) is 1. The number of thiazole rings is 1. The number of benzene rings is 3. The quantitative estimate of drug-likeness (QED) is 0.327. The highest BCUT2D eigenvalue weighted by Gasteiger charge is 2.12. The Labute approximate surface area is 188 Å². The summed E-state index contributed by atoms with van der Waals surface area (Å²) in [6.07, 6.45) is 0. The minimum absolute atomic E-state index is 0.268. The maximum absolute atomic E-state index is 11.0. The Morgan fingerprint density at radius 2 is 1.81 bits per heavy atom. The Morgan fingerprint density at radius 1 is 1.03 bits per heavy atom. The molecule has 0 radical (unpaired) electrons. The molecule has 0 unspecified atom stereocenters. The predicted molar refractivity (Wildman–Crippen MR) is 124 cm³/mol. The number of hydrogen-bond donors (Lipinski definition) is 2. The van der Waals surface area contributed by atoms with Crippen molar-refractivity contribution < 1.29 is 14.6 Å². The van der Waals surface area contributed by atoms with E-state index in [0.717, 1.165) is 33.3 Å². The molecular weight excluding hydrogens is 432 g/mol. The minimum atomic E-state index is -0.934. The van der Waals surface area contributed by atoms with E-state index >= 15 is 0 Å². The van der Waals surface area contributed by atoms with Gasteiger partial charge in [-0.2, -0.15) is 0 Å². The van der Waals surface area contributed by atoms with Crippen LogP contribution in [0.1, 0.15) is 21.5 Å². The molecule has 0 fully saturated rings. The van der Waals surface area contributed by atoms with Crippen molar-refractivity contribution >= 4 is 34.0 Å². The first-order valence-electron chi connectivity index (χ1n) is 9.57. The lowest BCUT2D eigenvalue weighted by Crippen LogP contribution is -2.01. The van der Waals surface area contributed by atoms with E-state index in [2.05, 4.69) is 10.3 Å². The molecule has 2 N–H and O–H groups in total. The summed E-state index contributed by atoms with van der Waals surface area (Å²) in [5.41, 5.74) is 3.93. The summed E-state index contributed by atoms with van der Waals surface area (Å²) in [4.78, 5) is 15.6. The normalized spacial score (nSPS) is 10.6. The maximum Gasteiger partial charge on any atom is 0.335 e. The molecule has 0 saturated carbocycles. The highest BCUT2D eigenvalue weighted by Crippen LogP contribution is 2.35. The van der Waals surface area contributed by atoms with Gasteiger partial charge in [-0.15, -0.1) is 11.3 Å². The van der Waals surface area contributed by atoms with E-state index in [1.165, 1.54) is 11.3 Å². The predicted octanol–water partition coefficient (Wildman–Crippen LogP) is 6.35. The molecular formula is C24H19ClN2O3S. The van der Waals surface area contributed by atoms with Crippen LogP contribution >= 0.6 is 22.9 Å². The van der Waals surface area contributed by atoms with E-state index in [1.807, 2.05) is 47.8 Å². The molecule has 7 heteroatoms. The van der Waals surface area contributed by atoms with Crippen LogP contribution < -0.4 is 10.1 Å². The summed E-state index contributed by atoms with van der Waals surface area (Å²) < 4.78 is 6.04. The van der Waals surface area contributed by atoms with Crippen LogP contribution in [0.15, 0.2) is 78.2 Å². The van der Waals surface area contributed by atoms with Crippen molar-refractivity contribution in [1.29, 1.82) is 0 Å². The fourth-order valence-corrected chi connectivity index (χ4v) is 3.87. The zero-order valence-electron chi connectivity index (χ0n) is 16.4. The van der Waals surface area contributed by atoms with Gasteiger partial charge in [0.15, 0.2) is 5.13 Å². The van der Waals surface area contributed by atoms with E-state index < -0.39 is 5.97 Å². The number of nitrogens with one attached hydrogen (secondary N) is 1. The highest BCUT2D eigenvalue weighted by atomic mass is 35.5. The Morgan fingerprint density at radius 3 is 2.55 bits per heavy atom. The van der Waals surface area contributed by atoms with Gasteiger partial charge in [0.1, 0.15) is 12.4 Å². The van der Waals surface area contributed by atoms with E-state index in [1.54, 1.807) is 30.3 Å². The molecule has 31 heavy (non-hydrogen) atoms.